The minimum Gasteiger partial charge on any atom is -0.263 e. The summed E-state index contributed by atoms with van der Waals surface area (Å²) in [6.07, 6.45) is 1.42. The van der Waals surface area contributed by atoms with Crippen LogP contribution < -0.4 is 4.72 Å². The summed E-state index contributed by atoms with van der Waals surface area (Å²) in [6, 6.07) is 6.43. The largest absolute Gasteiger partial charge is 0.265 e. The number of nitrogens with one attached hydrogen (secondary N) is 1. The predicted octanol–water partition coefficient (Wildman–Crippen LogP) is 3.44. The van der Waals surface area contributed by atoms with Gasteiger partial charge < -0.3 is 0 Å². The number of nitrogens with zero attached hydrogens (tertiary/aromatic N) is 1. The lowest BCUT2D eigenvalue weighted by Gasteiger charge is -2.08. The molecule has 0 amide bonds. The molecule has 1 aromatic heterocycles. The second-order valence-electron chi connectivity index (χ2n) is 3.54. The van der Waals surface area contributed by atoms with Crippen molar-refractivity contribution in [2.45, 2.75) is 4.90 Å². The number of hydrogen-bond acceptors (Lipinski definition) is 3. The maximum Gasteiger partial charge on any atom is 0.265 e. The molecule has 19 heavy (non-hydrogen) atoms. The van der Waals surface area contributed by atoms with Crippen molar-refractivity contribution >= 4 is 43.4 Å². The molecule has 2 aromatic rings. The molecular formula is C11H7BrClFN2O2S. The van der Waals surface area contributed by atoms with Crippen LogP contribution in [0.2, 0.25) is 5.02 Å². The molecule has 0 unspecified atom stereocenters. The van der Waals surface area contributed by atoms with Gasteiger partial charge >= 0.3 is 0 Å². The molecule has 2 rings (SSSR count). The van der Waals surface area contributed by atoms with Crippen LogP contribution in [0.1, 0.15) is 0 Å². The van der Waals surface area contributed by atoms with Crippen LogP contribution in [0.5, 0.6) is 0 Å². The minimum absolute atomic E-state index is 0.0868. The van der Waals surface area contributed by atoms with Crippen LogP contribution in [0.25, 0.3) is 0 Å². The first-order valence-electron chi connectivity index (χ1n) is 4.98. The summed E-state index contributed by atoms with van der Waals surface area (Å²) in [7, 11) is -4.04. The van der Waals surface area contributed by atoms with Gasteiger partial charge in [0.2, 0.25) is 0 Å². The van der Waals surface area contributed by atoms with Crippen molar-refractivity contribution < 1.29 is 12.8 Å². The van der Waals surface area contributed by atoms with E-state index in [9.17, 15) is 12.8 Å². The van der Waals surface area contributed by atoms with Gasteiger partial charge in [0.15, 0.2) is 0 Å². The van der Waals surface area contributed by atoms with Gasteiger partial charge in [-0.3, -0.25) is 4.72 Å². The number of hydrogen-bond donors (Lipinski definition) is 1. The molecule has 100 valence electrons. The van der Waals surface area contributed by atoms with E-state index in [4.69, 9.17) is 11.6 Å². The molecule has 4 nitrogen and oxygen atoms in total. The summed E-state index contributed by atoms with van der Waals surface area (Å²) in [4.78, 5) is 3.34. The Morgan fingerprint density at radius 2 is 2.00 bits per heavy atom. The topological polar surface area (TPSA) is 59.1 Å². The number of sulfonamides is 1. The van der Waals surface area contributed by atoms with E-state index in [1.54, 1.807) is 6.07 Å². The highest BCUT2D eigenvalue weighted by atomic mass is 79.9. The quantitative estimate of drug-likeness (QED) is 0.906. The average molecular weight is 366 g/mol. The molecule has 0 radical (unpaired) electrons. The van der Waals surface area contributed by atoms with Crippen molar-refractivity contribution in [3.8, 4) is 0 Å². The molecule has 1 N–H and O–H groups in total. The van der Waals surface area contributed by atoms with Crippen molar-refractivity contribution in [1.29, 1.82) is 0 Å². The molecule has 0 aliphatic carbocycles. The fourth-order valence-corrected chi connectivity index (χ4v) is 2.90. The molecule has 0 aliphatic heterocycles. The zero-order valence-electron chi connectivity index (χ0n) is 9.27. The SMILES string of the molecule is O=S(=O)(Nc1cc(Br)ccn1)c1ccc(Cl)cc1F. The summed E-state index contributed by atoms with van der Waals surface area (Å²) in [5.74, 6) is -0.835. The number of anilines is 1. The molecule has 1 heterocycles. The Morgan fingerprint density at radius 1 is 1.26 bits per heavy atom. The van der Waals surface area contributed by atoms with Gasteiger partial charge in [-0.05, 0) is 30.3 Å². The lowest BCUT2D eigenvalue weighted by Crippen LogP contribution is -2.15. The van der Waals surface area contributed by atoms with Crippen LogP contribution in [0, 0.1) is 5.82 Å². The Kier molecular flexibility index (Phi) is 4.07. The Labute approximate surface area is 122 Å². The van der Waals surface area contributed by atoms with Crippen LogP contribution in [0.4, 0.5) is 10.2 Å². The first-order chi connectivity index (χ1) is 8.88. The van der Waals surface area contributed by atoms with Crippen molar-refractivity contribution in [2.75, 3.05) is 4.72 Å². The highest BCUT2D eigenvalue weighted by Crippen LogP contribution is 2.22. The van der Waals surface area contributed by atoms with E-state index in [0.29, 0.717) is 4.47 Å². The van der Waals surface area contributed by atoms with Crippen molar-refractivity contribution in [1.82, 2.24) is 4.98 Å². The summed E-state index contributed by atoms with van der Waals surface area (Å²) in [5.41, 5.74) is 0. The smallest absolute Gasteiger partial charge is 0.263 e. The molecular weight excluding hydrogens is 359 g/mol. The Balaban J connectivity index is 2.38. The lowest BCUT2D eigenvalue weighted by atomic mass is 10.3. The molecule has 8 heteroatoms. The standard InChI is InChI=1S/C11H7BrClFN2O2S/c12-7-3-4-15-11(5-7)16-19(17,18)10-2-1-8(13)6-9(10)14/h1-6H,(H,15,16). The third-order valence-electron chi connectivity index (χ3n) is 2.14. The Morgan fingerprint density at radius 3 is 2.63 bits per heavy atom. The summed E-state index contributed by atoms with van der Waals surface area (Å²) >= 11 is 8.76. The summed E-state index contributed by atoms with van der Waals surface area (Å²) in [6.45, 7) is 0. The summed E-state index contributed by atoms with van der Waals surface area (Å²) in [5, 5.41) is 0.122. The van der Waals surface area contributed by atoms with Crippen LogP contribution in [0.3, 0.4) is 0 Å². The second-order valence-corrected chi connectivity index (χ2v) is 6.54. The van der Waals surface area contributed by atoms with E-state index in [2.05, 4.69) is 25.6 Å². The Hall–Kier alpha value is -1.18. The first-order valence-corrected chi connectivity index (χ1v) is 7.63. The molecule has 0 saturated carbocycles. The Bertz CT molecular complexity index is 724. The van der Waals surface area contributed by atoms with E-state index >= 15 is 0 Å². The van der Waals surface area contributed by atoms with Gasteiger partial charge in [-0.2, -0.15) is 0 Å². The average Bonchev–Trinajstić information content (AvgIpc) is 2.27. The molecule has 0 spiro atoms. The predicted molar refractivity (Wildman–Crippen MR) is 74.2 cm³/mol. The van der Waals surface area contributed by atoms with Gasteiger partial charge in [-0.1, -0.05) is 27.5 Å². The van der Waals surface area contributed by atoms with Gasteiger partial charge in [-0.15, -0.1) is 0 Å². The van der Waals surface area contributed by atoms with Crippen LogP contribution >= 0.6 is 27.5 Å². The highest BCUT2D eigenvalue weighted by Gasteiger charge is 2.19. The van der Waals surface area contributed by atoms with Gasteiger partial charge in [0.1, 0.15) is 16.5 Å². The number of pyridine rings is 1. The molecule has 1 aromatic carbocycles. The fraction of sp³-hybridized carbons (Fsp3) is 0. The highest BCUT2D eigenvalue weighted by molar-refractivity contribution is 9.10. The van der Waals surface area contributed by atoms with E-state index in [-0.39, 0.29) is 10.8 Å². The molecule has 0 fully saturated rings. The fourth-order valence-electron chi connectivity index (χ4n) is 1.35. The monoisotopic (exact) mass is 364 g/mol. The van der Waals surface area contributed by atoms with Crippen LogP contribution in [-0.2, 0) is 10.0 Å². The third kappa shape index (κ3) is 3.43. The van der Waals surface area contributed by atoms with Gasteiger partial charge in [0.05, 0.1) is 0 Å². The van der Waals surface area contributed by atoms with Gasteiger partial charge in [-0.25, -0.2) is 17.8 Å². The van der Waals surface area contributed by atoms with E-state index in [1.807, 2.05) is 0 Å². The molecule has 0 bridgehead atoms. The third-order valence-corrected chi connectivity index (χ3v) is 4.26. The van der Waals surface area contributed by atoms with E-state index in [0.717, 1.165) is 12.1 Å². The van der Waals surface area contributed by atoms with Crippen molar-refractivity contribution in [3.05, 3.63) is 51.8 Å². The molecule has 0 aliphatic rings. The van der Waals surface area contributed by atoms with Crippen LogP contribution in [0.15, 0.2) is 45.9 Å². The number of rotatable bonds is 3. The van der Waals surface area contributed by atoms with Crippen molar-refractivity contribution in [3.63, 3.8) is 0 Å². The molecule has 0 saturated heterocycles. The number of halogens is 3. The van der Waals surface area contributed by atoms with E-state index < -0.39 is 20.7 Å². The van der Waals surface area contributed by atoms with Gasteiger partial charge in [0, 0.05) is 15.7 Å². The maximum atomic E-state index is 13.6. The second kappa shape index (κ2) is 5.44. The zero-order valence-corrected chi connectivity index (χ0v) is 12.4. The van der Waals surface area contributed by atoms with Crippen LogP contribution in [-0.4, -0.2) is 13.4 Å². The minimum atomic E-state index is -4.04. The van der Waals surface area contributed by atoms with Crippen molar-refractivity contribution in [2.24, 2.45) is 0 Å². The maximum absolute atomic E-state index is 13.6. The first kappa shape index (κ1) is 14.2. The number of aromatic nitrogens is 1. The van der Waals surface area contributed by atoms with Gasteiger partial charge in [0.25, 0.3) is 10.0 Å². The lowest BCUT2D eigenvalue weighted by molar-refractivity contribution is 0.570. The number of benzene rings is 1. The van der Waals surface area contributed by atoms with E-state index in [1.165, 1.54) is 18.3 Å². The zero-order chi connectivity index (χ0) is 14.0. The summed E-state index contributed by atoms with van der Waals surface area (Å²) < 4.78 is 40.4. The normalized spacial score (nSPS) is 11.3. The molecule has 0 atom stereocenters.